The van der Waals surface area contributed by atoms with E-state index in [4.69, 9.17) is 14.7 Å². The Balaban J connectivity index is 1.80. The van der Waals surface area contributed by atoms with Crippen LogP contribution in [0.5, 0.6) is 11.5 Å². The van der Waals surface area contributed by atoms with E-state index in [1.165, 1.54) is 17.9 Å². The number of hydrogen-bond donors (Lipinski definition) is 1. The first-order valence-electron chi connectivity index (χ1n) is 9.47. The minimum Gasteiger partial charge on any atom is -0.493 e. The van der Waals surface area contributed by atoms with Crippen LogP contribution in [0.2, 0.25) is 0 Å². The number of carbonyl (C=O) groups is 1. The fourth-order valence-electron chi connectivity index (χ4n) is 3.07. The third kappa shape index (κ3) is 4.67. The summed E-state index contributed by atoms with van der Waals surface area (Å²) in [7, 11) is 3.25. The number of nitrogens with one attached hydrogen (secondary N) is 1. The molecule has 0 aliphatic carbocycles. The van der Waals surface area contributed by atoms with E-state index in [1.807, 2.05) is 36.4 Å². The fourth-order valence-corrected chi connectivity index (χ4v) is 3.07. The monoisotopic (exact) mass is 418 g/mol. The van der Waals surface area contributed by atoms with Gasteiger partial charge >= 0.3 is 0 Å². The average Bonchev–Trinajstić information content (AvgIpc) is 3.00. The van der Waals surface area contributed by atoms with E-state index in [1.54, 1.807) is 42.9 Å². The van der Waals surface area contributed by atoms with Gasteiger partial charge in [0, 0.05) is 13.1 Å². The molecular weight excluding hydrogens is 396 g/mol. The SMILES string of the molecule is COc1cc(/C=C/C(=O)Nc2c(C)n(C)n(-c3ccccc3)c2=O)ccc1OCC#N. The third-order valence-electron chi connectivity index (χ3n) is 4.71. The number of benzene rings is 2. The van der Waals surface area contributed by atoms with Crippen molar-refractivity contribution in [3.8, 4) is 23.3 Å². The van der Waals surface area contributed by atoms with Crippen molar-refractivity contribution in [2.75, 3.05) is 19.0 Å². The molecule has 8 nitrogen and oxygen atoms in total. The summed E-state index contributed by atoms with van der Waals surface area (Å²) in [6, 6.07) is 16.2. The van der Waals surface area contributed by atoms with Crippen molar-refractivity contribution in [1.29, 1.82) is 5.26 Å². The quantitative estimate of drug-likeness (QED) is 0.595. The van der Waals surface area contributed by atoms with Gasteiger partial charge in [0.2, 0.25) is 5.91 Å². The first-order chi connectivity index (χ1) is 15.0. The minimum absolute atomic E-state index is 0.0924. The van der Waals surface area contributed by atoms with Gasteiger partial charge in [-0.3, -0.25) is 14.3 Å². The summed E-state index contributed by atoms with van der Waals surface area (Å²) >= 11 is 0. The van der Waals surface area contributed by atoms with Crippen LogP contribution in [-0.4, -0.2) is 29.0 Å². The van der Waals surface area contributed by atoms with Gasteiger partial charge in [-0.2, -0.15) is 5.26 Å². The lowest BCUT2D eigenvalue weighted by Gasteiger charge is -2.08. The molecule has 3 rings (SSSR count). The summed E-state index contributed by atoms with van der Waals surface area (Å²) in [5, 5.41) is 11.3. The van der Waals surface area contributed by atoms with E-state index in [0.717, 1.165) is 0 Å². The number of nitriles is 1. The first-order valence-corrected chi connectivity index (χ1v) is 9.47. The summed E-state index contributed by atoms with van der Waals surface area (Å²) in [5.41, 5.74) is 1.95. The lowest BCUT2D eigenvalue weighted by atomic mass is 10.2. The van der Waals surface area contributed by atoms with E-state index in [2.05, 4.69) is 5.32 Å². The average molecular weight is 418 g/mol. The molecule has 0 unspecified atom stereocenters. The van der Waals surface area contributed by atoms with E-state index in [0.29, 0.717) is 28.4 Å². The molecular formula is C23H22N4O4. The number of hydrogen-bond acceptors (Lipinski definition) is 5. The van der Waals surface area contributed by atoms with Crippen molar-refractivity contribution >= 4 is 17.7 Å². The molecule has 0 aliphatic rings. The molecule has 1 aromatic heterocycles. The minimum atomic E-state index is -0.435. The molecule has 31 heavy (non-hydrogen) atoms. The van der Waals surface area contributed by atoms with Gasteiger partial charge in [-0.1, -0.05) is 24.3 Å². The Labute approximate surface area is 179 Å². The topological polar surface area (TPSA) is 98.3 Å². The number of para-hydroxylation sites is 1. The molecule has 0 spiro atoms. The normalized spacial score (nSPS) is 10.6. The molecule has 3 aromatic rings. The van der Waals surface area contributed by atoms with Crippen LogP contribution in [0.25, 0.3) is 11.8 Å². The molecule has 0 saturated carbocycles. The highest BCUT2D eigenvalue weighted by Crippen LogP contribution is 2.28. The number of anilines is 1. The van der Waals surface area contributed by atoms with Gasteiger partial charge in [0.1, 0.15) is 11.8 Å². The van der Waals surface area contributed by atoms with Crippen LogP contribution in [0.15, 0.2) is 59.4 Å². The summed E-state index contributed by atoms with van der Waals surface area (Å²) in [6.45, 7) is 1.68. The molecule has 158 valence electrons. The smallest absolute Gasteiger partial charge is 0.295 e. The number of ether oxygens (including phenoxy) is 2. The second kappa shape index (κ2) is 9.50. The molecule has 0 bridgehead atoms. The van der Waals surface area contributed by atoms with Crippen LogP contribution in [0.3, 0.4) is 0 Å². The molecule has 0 atom stereocenters. The van der Waals surface area contributed by atoms with E-state index in [-0.39, 0.29) is 17.9 Å². The molecule has 0 fully saturated rings. The van der Waals surface area contributed by atoms with Crippen molar-refractivity contribution in [2.45, 2.75) is 6.92 Å². The van der Waals surface area contributed by atoms with Gasteiger partial charge in [0.25, 0.3) is 5.56 Å². The summed E-state index contributed by atoms with van der Waals surface area (Å²) in [6.07, 6.45) is 2.93. The molecule has 1 heterocycles. The lowest BCUT2D eigenvalue weighted by Crippen LogP contribution is -2.22. The predicted octanol–water partition coefficient (Wildman–Crippen LogP) is 3.05. The Morgan fingerprint density at radius 3 is 2.61 bits per heavy atom. The zero-order chi connectivity index (χ0) is 22.4. The van der Waals surface area contributed by atoms with Gasteiger partial charge in [-0.05, 0) is 42.8 Å². The maximum Gasteiger partial charge on any atom is 0.295 e. The fraction of sp³-hybridized carbons (Fsp3) is 0.174. The largest absolute Gasteiger partial charge is 0.493 e. The molecule has 0 radical (unpaired) electrons. The zero-order valence-electron chi connectivity index (χ0n) is 17.5. The van der Waals surface area contributed by atoms with Crippen LogP contribution in [0, 0.1) is 18.3 Å². The standard InChI is InChI=1S/C23H22N4O4/c1-16-22(23(29)27(26(16)2)18-7-5-4-6-8-18)25-21(28)12-10-17-9-11-19(31-14-13-24)20(15-17)30-3/h4-12,15H,14H2,1-3H3,(H,25,28)/b12-10+. The molecule has 1 amide bonds. The summed E-state index contributed by atoms with van der Waals surface area (Å²) < 4.78 is 13.7. The Bertz CT molecular complexity index is 1220. The number of rotatable bonds is 7. The first kappa shape index (κ1) is 21.5. The lowest BCUT2D eigenvalue weighted by molar-refractivity contribution is -0.111. The Morgan fingerprint density at radius 2 is 1.94 bits per heavy atom. The van der Waals surface area contributed by atoms with Crippen LogP contribution >= 0.6 is 0 Å². The van der Waals surface area contributed by atoms with Gasteiger partial charge < -0.3 is 14.8 Å². The van der Waals surface area contributed by atoms with Crippen LogP contribution < -0.4 is 20.3 Å². The highest BCUT2D eigenvalue weighted by molar-refractivity contribution is 6.02. The van der Waals surface area contributed by atoms with Gasteiger partial charge in [-0.15, -0.1) is 0 Å². The van der Waals surface area contributed by atoms with Crippen LogP contribution in [0.4, 0.5) is 5.69 Å². The summed E-state index contributed by atoms with van der Waals surface area (Å²) in [5.74, 6) is 0.448. The van der Waals surface area contributed by atoms with E-state index < -0.39 is 5.91 Å². The Hall–Kier alpha value is -4.25. The van der Waals surface area contributed by atoms with Crippen molar-refractivity contribution in [1.82, 2.24) is 9.36 Å². The van der Waals surface area contributed by atoms with Crippen molar-refractivity contribution < 1.29 is 14.3 Å². The number of aromatic nitrogens is 2. The summed E-state index contributed by atoms with van der Waals surface area (Å²) in [4.78, 5) is 25.3. The second-order valence-electron chi connectivity index (χ2n) is 6.62. The van der Waals surface area contributed by atoms with Crippen molar-refractivity contribution in [3.05, 3.63) is 76.2 Å². The van der Waals surface area contributed by atoms with Crippen LogP contribution in [0.1, 0.15) is 11.3 Å². The molecule has 1 N–H and O–H groups in total. The van der Waals surface area contributed by atoms with E-state index >= 15 is 0 Å². The molecule has 2 aromatic carbocycles. The highest BCUT2D eigenvalue weighted by Gasteiger charge is 2.17. The van der Waals surface area contributed by atoms with Gasteiger partial charge in [-0.25, -0.2) is 4.68 Å². The number of methoxy groups -OCH3 is 1. The molecule has 0 saturated heterocycles. The van der Waals surface area contributed by atoms with Crippen LogP contribution in [-0.2, 0) is 11.8 Å². The Kier molecular flexibility index (Phi) is 6.58. The van der Waals surface area contributed by atoms with E-state index in [9.17, 15) is 9.59 Å². The molecule has 8 heteroatoms. The predicted molar refractivity (Wildman–Crippen MR) is 118 cm³/mol. The maximum atomic E-state index is 12.9. The number of nitrogens with zero attached hydrogens (tertiary/aromatic N) is 3. The van der Waals surface area contributed by atoms with Gasteiger partial charge in [0.05, 0.1) is 18.5 Å². The second-order valence-corrected chi connectivity index (χ2v) is 6.62. The number of carbonyl (C=O) groups excluding carboxylic acids is 1. The number of amides is 1. The third-order valence-corrected chi connectivity index (χ3v) is 4.71. The maximum absolute atomic E-state index is 12.9. The zero-order valence-corrected chi connectivity index (χ0v) is 17.5. The molecule has 0 aliphatic heterocycles. The van der Waals surface area contributed by atoms with Gasteiger partial charge in [0.15, 0.2) is 18.1 Å². The highest BCUT2D eigenvalue weighted by atomic mass is 16.5. The van der Waals surface area contributed by atoms with Crippen molar-refractivity contribution in [3.63, 3.8) is 0 Å². The van der Waals surface area contributed by atoms with Crippen molar-refractivity contribution in [2.24, 2.45) is 7.05 Å². The Morgan fingerprint density at radius 1 is 1.19 bits per heavy atom.